The lowest BCUT2D eigenvalue weighted by Gasteiger charge is -2.29. The minimum absolute atomic E-state index is 0.00673. The average molecular weight is 484 g/mol. The number of nitrogens with zero attached hydrogens (tertiary/aromatic N) is 2. The van der Waals surface area contributed by atoms with Crippen LogP contribution in [0.3, 0.4) is 0 Å². The number of Topliss-reactive ketones (excluding diaryl/α,β-unsaturated/α-hetero) is 1. The first kappa shape index (κ1) is 26.9. The fourth-order valence-corrected chi connectivity index (χ4v) is 5.12. The summed E-state index contributed by atoms with van der Waals surface area (Å²) >= 11 is 0. The SMILES string of the molecule is CCCCC(=O)N1CC(=O)C2C1CCN2C(=O)C(CC(C)C)NC(=O)c1ccc(C(C)(C)C)cc1. The van der Waals surface area contributed by atoms with Crippen molar-refractivity contribution in [2.24, 2.45) is 5.92 Å². The van der Waals surface area contributed by atoms with Crippen molar-refractivity contribution in [3.63, 3.8) is 0 Å². The molecule has 2 aliphatic heterocycles. The number of carbonyl (C=O) groups is 4. The third-order valence-electron chi connectivity index (χ3n) is 7.09. The normalized spacial score (nSPS) is 20.8. The van der Waals surface area contributed by atoms with E-state index in [1.807, 2.05) is 32.9 Å². The lowest BCUT2D eigenvalue weighted by atomic mass is 9.86. The molecule has 0 saturated carbocycles. The number of hydrogen-bond donors (Lipinski definition) is 1. The van der Waals surface area contributed by atoms with Gasteiger partial charge in [-0.15, -0.1) is 0 Å². The zero-order chi connectivity index (χ0) is 25.9. The van der Waals surface area contributed by atoms with Gasteiger partial charge in [0.15, 0.2) is 5.78 Å². The molecule has 3 amide bonds. The third kappa shape index (κ3) is 6.11. The van der Waals surface area contributed by atoms with Crippen molar-refractivity contribution in [2.75, 3.05) is 13.1 Å². The molecule has 1 N–H and O–H groups in total. The molecule has 7 heteroatoms. The van der Waals surface area contributed by atoms with Crippen LogP contribution in [-0.4, -0.2) is 64.5 Å². The molecule has 3 unspecified atom stereocenters. The molecular formula is C28H41N3O4. The topological polar surface area (TPSA) is 86.8 Å². The van der Waals surface area contributed by atoms with Gasteiger partial charge in [0.25, 0.3) is 5.91 Å². The van der Waals surface area contributed by atoms with Gasteiger partial charge in [-0.1, -0.05) is 60.1 Å². The minimum atomic E-state index is -0.721. The first-order chi connectivity index (χ1) is 16.4. The van der Waals surface area contributed by atoms with Crippen LogP contribution in [0, 0.1) is 5.92 Å². The molecule has 0 radical (unpaired) electrons. The quantitative estimate of drug-likeness (QED) is 0.611. The van der Waals surface area contributed by atoms with Gasteiger partial charge in [0.2, 0.25) is 11.8 Å². The molecule has 2 heterocycles. The summed E-state index contributed by atoms with van der Waals surface area (Å²) < 4.78 is 0. The van der Waals surface area contributed by atoms with Gasteiger partial charge >= 0.3 is 0 Å². The lowest BCUT2D eigenvalue weighted by Crippen LogP contribution is -2.53. The van der Waals surface area contributed by atoms with Crippen molar-refractivity contribution in [1.29, 1.82) is 0 Å². The molecule has 2 saturated heterocycles. The number of nitrogens with one attached hydrogen (secondary N) is 1. The first-order valence-electron chi connectivity index (χ1n) is 13.0. The van der Waals surface area contributed by atoms with E-state index in [9.17, 15) is 19.2 Å². The van der Waals surface area contributed by atoms with Gasteiger partial charge in [-0.25, -0.2) is 0 Å². The Morgan fingerprint density at radius 1 is 1.09 bits per heavy atom. The Hall–Kier alpha value is -2.70. The van der Waals surface area contributed by atoms with Gasteiger partial charge in [-0.2, -0.15) is 0 Å². The number of rotatable bonds is 8. The van der Waals surface area contributed by atoms with Crippen molar-refractivity contribution in [3.8, 4) is 0 Å². The summed E-state index contributed by atoms with van der Waals surface area (Å²) in [5, 5.41) is 2.93. The van der Waals surface area contributed by atoms with Crippen LogP contribution in [-0.2, 0) is 19.8 Å². The summed E-state index contributed by atoms with van der Waals surface area (Å²) in [6.07, 6.45) is 3.22. The number of unbranched alkanes of at least 4 members (excludes halogenated alkanes) is 1. The van der Waals surface area contributed by atoms with E-state index < -0.39 is 12.1 Å². The molecule has 0 bridgehead atoms. The molecule has 1 aromatic carbocycles. The highest BCUT2D eigenvalue weighted by molar-refractivity contribution is 6.00. The summed E-state index contributed by atoms with van der Waals surface area (Å²) in [4.78, 5) is 55.5. The van der Waals surface area contributed by atoms with E-state index in [1.165, 1.54) is 0 Å². The highest BCUT2D eigenvalue weighted by Gasteiger charge is 2.52. The average Bonchev–Trinajstić information content (AvgIpc) is 3.37. The predicted octanol–water partition coefficient (Wildman–Crippen LogP) is 3.70. The van der Waals surface area contributed by atoms with E-state index in [2.05, 4.69) is 26.1 Å². The maximum absolute atomic E-state index is 13.6. The smallest absolute Gasteiger partial charge is 0.251 e. The number of likely N-dealkylation sites (tertiary alicyclic amines) is 2. The van der Waals surface area contributed by atoms with Crippen LogP contribution in [0.2, 0.25) is 0 Å². The van der Waals surface area contributed by atoms with E-state index in [1.54, 1.807) is 21.9 Å². The van der Waals surface area contributed by atoms with Crippen LogP contribution in [0.5, 0.6) is 0 Å². The first-order valence-corrected chi connectivity index (χ1v) is 13.0. The van der Waals surface area contributed by atoms with Crippen LogP contribution in [0.1, 0.15) is 89.6 Å². The molecule has 0 aliphatic carbocycles. The van der Waals surface area contributed by atoms with Gasteiger partial charge in [0.1, 0.15) is 12.1 Å². The lowest BCUT2D eigenvalue weighted by molar-refractivity contribution is -0.138. The van der Waals surface area contributed by atoms with Gasteiger partial charge in [-0.05, 0) is 48.3 Å². The number of hydrogen-bond acceptors (Lipinski definition) is 4. The molecule has 0 aromatic heterocycles. The van der Waals surface area contributed by atoms with Crippen LogP contribution in [0.25, 0.3) is 0 Å². The molecular weight excluding hydrogens is 442 g/mol. The van der Waals surface area contributed by atoms with Crippen LogP contribution < -0.4 is 5.32 Å². The summed E-state index contributed by atoms with van der Waals surface area (Å²) in [6.45, 7) is 12.9. The van der Waals surface area contributed by atoms with Crippen molar-refractivity contribution >= 4 is 23.5 Å². The second kappa shape index (κ2) is 10.9. The summed E-state index contributed by atoms with van der Waals surface area (Å²) in [5.74, 6) is -0.445. The maximum Gasteiger partial charge on any atom is 0.251 e. The van der Waals surface area contributed by atoms with Crippen LogP contribution in [0.15, 0.2) is 24.3 Å². The zero-order valence-corrected chi connectivity index (χ0v) is 22.1. The van der Waals surface area contributed by atoms with E-state index in [-0.39, 0.29) is 47.4 Å². The molecule has 192 valence electrons. The number of benzene rings is 1. The Balaban J connectivity index is 1.74. The Bertz CT molecular complexity index is 948. The Kier molecular flexibility index (Phi) is 8.39. The number of carbonyl (C=O) groups excluding carboxylic acids is 4. The zero-order valence-electron chi connectivity index (χ0n) is 22.1. The van der Waals surface area contributed by atoms with Crippen molar-refractivity contribution < 1.29 is 19.2 Å². The van der Waals surface area contributed by atoms with Gasteiger partial charge in [0.05, 0.1) is 12.6 Å². The fourth-order valence-electron chi connectivity index (χ4n) is 5.12. The molecule has 3 rings (SSSR count). The van der Waals surface area contributed by atoms with Gasteiger partial charge in [0, 0.05) is 18.5 Å². The molecule has 7 nitrogen and oxygen atoms in total. The Morgan fingerprint density at radius 3 is 2.31 bits per heavy atom. The van der Waals surface area contributed by atoms with E-state index in [0.717, 1.165) is 18.4 Å². The highest BCUT2D eigenvalue weighted by atomic mass is 16.2. The van der Waals surface area contributed by atoms with Crippen molar-refractivity contribution in [2.45, 2.75) is 97.2 Å². The van der Waals surface area contributed by atoms with E-state index in [0.29, 0.717) is 31.4 Å². The second-order valence-corrected chi connectivity index (χ2v) is 11.4. The van der Waals surface area contributed by atoms with Crippen molar-refractivity contribution in [3.05, 3.63) is 35.4 Å². The molecule has 35 heavy (non-hydrogen) atoms. The number of amides is 3. The number of ketones is 1. The molecule has 3 atom stereocenters. The standard InChI is InChI=1S/C28H41N3O4/c1-7-8-9-24(33)31-17-23(32)25-22(31)14-15-30(25)27(35)21(16-18(2)3)29-26(34)19-10-12-20(13-11-19)28(4,5)6/h10-13,18,21-22,25H,7-9,14-17H2,1-6H3,(H,29,34). The second-order valence-electron chi connectivity index (χ2n) is 11.4. The summed E-state index contributed by atoms with van der Waals surface area (Å²) in [6, 6.07) is 5.89. The monoisotopic (exact) mass is 483 g/mol. The van der Waals surface area contributed by atoms with Crippen LogP contribution in [0.4, 0.5) is 0 Å². The van der Waals surface area contributed by atoms with Gasteiger partial charge < -0.3 is 15.1 Å². The molecule has 0 spiro atoms. The van der Waals surface area contributed by atoms with E-state index in [4.69, 9.17) is 0 Å². The predicted molar refractivity (Wildman–Crippen MR) is 136 cm³/mol. The summed E-state index contributed by atoms with van der Waals surface area (Å²) in [7, 11) is 0. The maximum atomic E-state index is 13.6. The van der Waals surface area contributed by atoms with Crippen molar-refractivity contribution in [1.82, 2.24) is 15.1 Å². The third-order valence-corrected chi connectivity index (χ3v) is 7.09. The Morgan fingerprint density at radius 2 is 1.74 bits per heavy atom. The van der Waals surface area contributed by atoms with E-state index >= 15 is 0 Å². The number of fused-ring (bicyclic) bond motifs is 1. The summed E-state index contributed by atoms with van der Waals surface area (Å²) in [5.41, 5.74) is 1.62. The van der Waals surface area contributed by atoms with Gasteiger partial charge in [-0.3, -0.25) is 19.2 Å². The molecule has 2 aliphatic rings. The fraction of sp³-hybridized carbons (Fsp3) is 0.643. The van der Waals surface area contributed by atoms with Crippen LogP contribution >= 0.6 is 0 Å². The Labute approximate surface area is 209 Å². The largest absolute Gasteiger partial charge is 0.340 e. The molecule has 1 aromatic rings. The molecule has 2 fully saturated rings. The highest BCUT2D eigenvalue weighted by Crippen LogP contribution is 2.31. The minimum Gasteiger partial charge on any atom is -0.340 e.